The van der Waals surface area contributed by atoms with Gasteiger partial charge in [-0.3, -0.25) is 0 Å². The van der Waals surface area contributed by atoms with Crippen molar-refractivity contribution in [3.8, 4) is 5.75 Å². The summed E-state index contributed by atoms with van der Waals surface area (Å²) in [4.78, 5) is 4.75. The van der Waals surface area contributed by atoms with Crippen LogP contribution in [0.1, 0.15) is 12.8 Å². The first-order valence-corrected chi connectivity index (χ1v) is 9.62. The molecule has 1 unspecified atom stereocenters. The largest absolute Gasteiger partial charge is 0.487 e. The molecule has 7 heteroatoms. The molecular weight excluding hydrogens is 314 g/mol. The SMILES string of the molecule is CN(C)[C@H]1CCN(c2cccc3c2S(=O)(=O)N2CC[C@H](C2)O3)C1. The molecule has 0 aromatic heterocycles. The Hall–Kier alpha value is -1.31. The molecule has 0 amide bonds. The molecule has 23 heavy (non-hydrogen) atoms. The molecule has 0 saturated carbocycles. The van der Waals surface area contributed by atoms with E-state index in [9.17, 15) is 8.42 Å². The van der Waals surface area contributed by atoms with Crippen molar-refractivity contribution in [1.29, 1.82) is 0 Å². The van der Waals surface area contributed by atoms with E-state index in [1.165, 1.54) is 0 Å². The molecule has 0 radical (unpaired) electrons. The Kier molecular flexibility index (Phi) is 3.55. The monoisotopic (exact) mass is 337 g/mol. The van der Waals surface area contributed by atoms with Gasteiger partial charge in [-0.15, -0.1) is 0 Å². The van der Waals surface area contributed by atoms with Crippen molar-refractivity contribution in [3.05, 3.63) is 18.2 Å². The van der Waals surface area contributed by atoms with E-state index in [1.54, 1.807) is 10.4 Å². The van der Waals surface area contributed by atoms with Crippen LogP contribution in [0.15, 0.2) is 23.1 Å². The predicted octanol–water partition coefficient (Wildman–Crippen LogP) is 0.982. The van der Waals surface area contributed by atoms with Crippen LogP contribution in [0, 0.1) is 0 Å². The van der Waals surface area contributed by atoms with E-state index in [-0.39, 0.29) is 6.10 Å². The summed E-state index contributed by atoms with van der Waals surface area (Å²) in [5, 5.41) is 0. The number of rotatable bonds is 2. The molecule has 3 aliphatic heterocycles. The minimum absolute atomic E-state index is 0.0191. The highest BCUT2D eigenvalue weighted by Crippen LogP contribution is 2.41. The van der Waals surface area contributed by atoms with Gasteiger partial charge in [-0.25, -0.2) is 8.42 Å². The molecule has 0 spiro atoms. The van der Waals surface area contributed by atoms with E-state index < -0.39 is 10.0 Å². The number of anilines is 1. The minimum atomic E-state index is -3.48. The van der Waals surface area contributed by atoms with Gasteiger partial charge in [-0.2, -0.15) is 4.31 Å². The summed E-state index contributed by atoms with van der Waals surface area (Å²) in [5.74, 6) is 0.517. The summed E-state index contributed by atoms with van der Waals surface area (Å²) in [7, 11) is 0.667. The standard InChI is InChI=1S/C16H23N3O3S/c1-17(2)12-6-8-18(10-12)14-4-3-5-15-16(14)23(20,21)19-9-7-13(11-19)22-15/h3-5,12-13H,6-11H2,1-2H3/t12-,13+/m0/s1. The average molecular weight is 337 g/mol. The molecule has 3 aliphatic rings. The molecule has 0 aliphatic carbocycles. The first-order valence-electron chi connectivity index (χ1n) is 8.18. The normalized spacial score (nSPS) is 31.8. The van der Waals surface area contributed by atoms with Gasteiger partial charge >= 0.3 is 0 Å². The molecule has 2 fully saturated rings. The number of hydrogen-bond donors (Lipinski definition) is 0. The van der Waals surface area contributed by atoms with Gasteiger partial charge in [0.05, 0.1) is 12.2 Å². The van der Waals surface area contributed by atoms with Gasteiger partial charge in [0.1, 0.15) is 16.7 Å². The number of fused-ring (bicyclic) bond motifs is 3. The first-order chi connectivity index (χ1) is 11.0. The fraction of sp³-hybridized carbons (Fsp3) is 0.625. The fourth-order valence-corrected chi connectivity index (χ4v) is 5.61. The number of likely N-dealkylation sites (N-methyl/N-ethyl adjacent to an activating group) is 1. The lowest BCUT2D eigenvalue weighted by Crippen LogP contribution is -2.33. The van der Waals surface area contributed by atoms with E-state index in [1.807, 2.05) is 12.1 Å². The summed E-state index contributed by atoms with van der Waals surface area (Å²) in [6.07, 6.45) is 1.80. The highest BCUT2D eigenvalue weighted by atomic mass is 32.2. The second kappa shape index (κ2) is 5.36. The van der Waals surface area contributed by atoms with Crippen molar-refractivity contribution in [2.75, 3.05) is 45.2 Å². The zero-order valence-corrected chi connectivity index (χ0v) is 14.4. The molecule has 6 nitrogen and oxygen atoms in total. The minimum Gasteiger partial charge on any atom is -0.487 e. The Labute approximate surface area is 137 Å². The van der Waals surface area contributed by atoms with Crippen molar-refractivity contribution < 1.29 is 13.2 Å². The van der Waals surface area contributed by atoms with E-state index in [2.05, 4.69) is 23.9 Å². The smallest absolute Gasteiger partial charge is 0.248 e. The van der Waals surface area contributed by atoms with Crippen LogP contribution < -0.4 is 9.64 Å². The molecule has 1 aromatic rings. The summed E-state index contributed by atoms with van der Waals surface area (Å²) >= 11 is 0. The Morgan fingerprint density at radius 2 is 2.00 bits per heavy atom. The first kappa shape index (κ1) is 15.2. The van der Waals surface area contributed by atoms with Gasteiger partial charge in [-0.1, -0.05) is 6.07 Å². The van der Waals surface area contributed by atoms with E-state index in [4.69, 9.17) is 4.74 Å². The van der Waals surface area contributed by atoms with Crippen LogP contribution in [0.3, 0.4) is 0 Å². The Bertz CT molecular complexity index is 719. The number of hydrogen-bond acceptors (Lipinski definition) is 5. The molecule has 0 N–H and O–H groups in total. The van der Waals surface area contributed by atoms with Crippen molar-refractivity contribution in [3.63, 3.8) is 0 Å². The van der Waals surface area contributed by atoms with Crippen LogP contribution in [-0.4, -0.2) is 70.0 Å². The van der Waals surface area contributed by atoms with Crippen LogP contribution in [0.4, 0.5) is 5.69 Å². The summed E-state index contributed by atoms with van der Waals surface area (Å²) < 4.78 is 33.7. The number of sulfonamides is 1. The van der Waals surface area contributed by atoms with Crippen molar-refractivity contribution >= 4 is 15.7 Å². The maximum atomic E-state index is 13.1. The van der Waals surface area contributed by atoms with Crippen LogP contribution in [0.5, 0.6) is 5.75 Å². The molecule has 2 bridgehead atoms. The third-order valence-electron chi connectivity index (χ3n) is 5.19. The van der Waals surface area contributed by atoms with Gasteiger partial charge in [0.15, 0.2) is 0 Å². The van der Waals surface area contributed by atoms with Crippen LogP contribution >= 0.6 is 0 Å². The topological polar surface area (TPSA) is 53.1 Å². The van der Waals surface area contributed by atoms with Gasteiger partial charge in [-0.05, 0) is 39.1 Å². The number of ether oxygens (including phenoxy) is 1. The maximum absolute atomic E-state index is 13.1. The molecule has 1 aromatic carbocycles. The van der Waals surface area contributed by atoms with E-state index in [0.29, 0.717) is 29.8 Å². The Balaban J connectivity index is 1.78. The Morgan fingerprint density at radius 3 is 2.74 bits per heavy atom. The zero-order chi connectivity index (χ0) is 16.2. The third kappa shape index (κ3) is 2.42. The van der Waals surface area contributed by atoms with Gasteiger partial charge in [0.25, 0.3) is 0 Å². The molecule has 4 rings (SSSR count). The average Bonchev–Trinajstić information content (AvgIpc) is 3.13. The molecular formula is C16H23N3O3S. The summed E-state index contributed by atoms with van der Waals surface area (Å²) in [5.41, 5.74) is 0.791. The summed E-state index contributed by atoms with van der Waals surface area (Å²) in [6, 6.07) is 6.06. The lowest BCUT2D eigenvalue weighted by atomic mass is 10.2. The molecule has 2 saturated heterocycles. The lowest BCUT2D eigenvalue weighted by Gasteiger charge is -2.26. The fourth-order valence-electron chi connectivity index (χ4n) is 3.81. The molecule has 126 valence electrons. The quantitative estimate of drug-likeness (QED) is 0.805. The predicted molar refractivity (Wildman–Crippen MR) is 88.5 cm³/mol. The van der Waals surface area contributed by atoms with Crippen molar-refractivity contribution in [2.24, 2.45) is 0 Å². The third-order valence-corrected chi connectivity index (χ3v) is 7.13. The second-order valence-electron chi connectivity index (χ2n) is 6.85. The zero-order valence-electron chi connectivity index (χ0n) is 13.6. The van der Waals surface area contributed by atoms with Crippen molar-refractivity contribution in [2.45, 2.75) is 29.9 Å². The van der Waals surface area contributed by atoms with Crippen LogP contribution in [-0.2, 0) is 10.0 Å². The maximum Gasteiger partial charge on any atom is 0.248 e. The van der Waals surface area contributed by atoms with Gasteiger partial charge in [0.2, 0.25) is 10.0 Å². The highest BCUT2D eigenvalue weighted by molar-refractivity contribution is 7.89. The Morgan fingerprint density at radius 1 is 1.17 bits per heavy atom. The van der Waals surface area contributed by atoms with Gasteiger partial charge in [0, 0.05) is 25.7 Å². The molecule has 3 heterocycles. The van der Waals surface area contributed by atoms with Crippen molar-refractivity contribution in [1.82, 2.24) is 9.21 Å². The highest BCUT2D eigenvalue weighted by Gasteiger charge is 2.42. The van der Waals surface area contributed by atoms with Crippen LogP contribution in [0.2, 0.25) is 0 Å². The number of benzene rings is 1. The molecule has 3 atom stereocenters. The van der Waals surface area contributed by atoms with Gasteiger partial charge < -0.3 is 14.5 Å². The van der Waals surface area contributed by atoms with E-state index in [0.717, 1.165) is 31.6 Å². The van der Waals surface area contributed by atoms with Crippen LogP contribution in [0.25, 0.3) is 0 Å². The second-order valence-corrected chi connectivity index (χ2v) is 8.72. The number of nitrogens with zero attached hydrogens (tertiary/aromatic N) is 3. The van der Waals surface area contributed by atoms with E-state index >= 15 is 0 Å². The summed E-state index contributed by atoms with van der Waals surface area (Å²) in [6.45, 7) is 2.75. The lowest BCUT2D eigenvalue weighted by molar-refractivity contribution is 0.215.